The molecular formula is C11H23N3O2. The molecule has 0 aliphatic carbocycles. The summed E-state index contributed by atoms with van der Waals surface area (Å²) in [7, 11) is 1.83. The summed E-state index contributed by atoms with van der Waals surface area (Å²) in [6, 6.07) is 0. The number of morpholine rings is 1. The zero-order valence-electron chi connectivity index (χ0n) is 10.4. The average Bonchev–Trinajstić information content (AvgIpc) is 2.34. The smallest absolute Gasteiger partial charge is 0.236 e. The van der Waals surface area contributed by atoms with Crippen molar-refractivity contribution in [3.63, 3.8) is 0 Å². The van der Waals surface area contributed by atoms with Gasteiger partial charge in [-0.3, -0.25) is 9.69 Å². The number of hydrogen-bond donors (Lipinski definition) is 1. The van der Waals surface area contributed by atoms with E-state index in [0.29, 0.717) is 6.54 Å². The zero-order chi connectivity index (χ0) is 11.8. The minimum atomic E-state index is 0.157. The summed E-state index contributed by atoms with van der Waals surface area (Å²) in [5.41, 5.74) is 0. The fraction of sp³-hybridized carbons (Fsp3) is 0.909. The van der Waals surface area contributed by atoms with Crippen LogP contribution in [0.5, 0.6) is 0 Å². The van der Waals surface area contributed by atoms with Crippen LogP contribution >= 0.6 is 0 Å². The molecule has 0 bridgehead atoms. The molecule has 5 heteroatoms. The molecule has 1 amide bonds. The predicted octanol–water partition coefficient (Wildman–Crippen LogP) is -0.613. The first-order chi connectivity index (χ1) is 7.74. The fourth-order valence-corrected chi connectivity index (χ4v) is 1.57. The highest BCUT2D eigenvalue weighted by Gasteiger charge is 2.10. The van der Waals surface area contributed by atoms with E-state index < -0.39 is 0 Å². The van der Waals surface area contributed by atoms with Gasteiger partial charge in [0, 0.05) is 39.8 Å². The first kappa shape index (κ1) is 13.4. The number of nitrogens with one attached hydrogen (secondary N) is 1. The van der Waals surface area contributed by atoms with E-state index in [4.69, 9.17) is 4.74 Å². The second-order valence-electron chi connectivity index (χ2n) is 4.04. The van der Waals surface area contributed by atoms with Crippen molar-refractivity contribution >= 4 is 5.91 Å². The molecule has 0 unspecified atom stereocenters. The van der Waals surface area contributed by atoms with Crippen LogP contribution in [0.3, 0.4) is 0 Å². The quantitative estimate of drug-likeness (QED) is 0.617. The van der Waals surface area contributed by atoms with Crippen LogP contribution in [0.25, 0.3) is 0 Å². The maximum absolute atomic E-state index is 11.5. The van der Waals surface area contributed by atoms with Crippen molar-refractivity contribution in [3.05, 3.63) is 0 Å². The number of likely N-dealkylation sites (N-methyl/N-ethyl adjacent to an activating group) is 1. The lowest BCUT2D eigenvalue weighted by molar-refractivity contribution is -0.128. The van der Waals surface area contributed by atoms with Gasteiger partial charge in [-0.2, -0.15) is 0 Å². The van der Waals surface area contributed by atoms with Crippen molar-refractivity contribution in [2.24, 2.45) is 0 Å². The molecule has 0 radical (unpaired) electrons. The Hall–Kier alpha value is -0.650. The van der Waals surface area contributed by atoms with Gasteiger partial charge in [-0.05, 0) is 6.92 Å². The topological polar surface area (TPSA) is 44.8 Å². The highest BCUT2D eigenvalue weighted by Crippen LogP contribution is 1.94. The van der Waals surface area contributed by atoms with Gasteiger partial charge < -0.3 is 15.0 Å². The highest BCUT2D eigenvalue weighted by atomic mass is 16.5. The van der Waals surface area contributed by atoms with E-state index in [9.17, 15) is 4.79 Å². The van der Waals surface area contributed by atoms with Gasteiger partial charge in [0.1, 0.15) is 0 Å². The third-order valence-electron chi connectivity index (χ3n) is 2.88. The maximum atomic E-state index is 11.5. The summed E-state index contributed by atoms with van der Waals surface area (Å²) in [5, 5.41) is 3.17. The first-order valence-electron chi connectivity index (χ1n) is 5.98. The summed E-state index contributed by atoms with van der Waals surface area (Å²) >= 11 is 0. The van der Waals surface area contributed by atoms with Crippen LogP contribution < -0.4 is 5.32 Å². The number of nitrogens with zero attached hydrogens (tertiary/aromatic N) is 2. The minimum absolute atomic E-state index is 0.157. The molecule has 16 heavy (non-hydrogen) atoms. The lowest BCUT2D eigenvalue weighted by Gasteiger charge is -2.26. The van der Waals surface area contributed by atoms with E-state index >= 15 is 0 Å². The van der Waals surface area contributed by atoms with E-state index in [-0.39, 0.29) is 5.91 Å². The van der Waals surface area contributed by atoms with E-state index in [1.165, 1.54) is 0 Å². The molecule has 94 valence electrons. The van der Waals surface area contributed by atoms with Crippen LogP contribution in [0, 0.1) is 0 Å². The Labute approximate surface area is 97.7 Å². The number of hydrogen-bond acceptors (Lipinski definition) is 4. The predicted molar refractivity (Wildman–Crippen MR) is 63.4 cm³/mol. The molecule has 1 heterocycles. The molecular weight excluding hydrogens is 206 g/mol. The average molecular weight is 229 g/mol. The number of carbonyl (C=O) groups is 1. The molecule has 0 aromatic heterocycles. The summed E-state index contributed by atoms with van der Waals surface area (Å²) in [6.07, 6.45) is 0. The highest BCUT2D eigenvalue weighted by molar-refractivity contribution is 5.77. The Morgan fingerprint density at radius 3 is 2.75 bits per heavy atom. The fourth-order valence-electron chi connectivity index (χ4n) is 1.57. The van der Waals surface area contributed by atoms with Gasteiger partial charge >= 0.3 is 0 Å². The summed E-state index contributed by atoms with van der Waals surface area (Å²) in [6.45, 7) is 8.71. The monoisotopic (exact) mass is 229 g/mol. The van der Waals surface area contributed by atoms with Gasteiger partial charge in [-0.15, -0.1) is 0 Å². The molecule has 1 fully saturated rings. The van der Waals surface area contributed by atoms with Crippen LogP contribution in [0.4, 0.5) is 0 Å². The second-order valence-corrected chi connectivity index (χ2v) is 4.04. The van der Waals surface area contributed by atoms with Crippen molar-refractivity contribution < 1.29 is 9.53 Å². The van der Waals surface area contributed by atoms with Gasteiger partial charge in [0.15, 0.2) is 0 Å². The molecule has 1 N–H and O–H groups in total. The number of ether oxygens (including phenoxy) is 1. The van der Waals surface area contributed by atoms with E-state index in [1.807, 2.05) is 14.0 Å². The zero-order valence-corrected chi connectivity index (χ0v) is 10.4. The Balaban J connectivity index is 2.00. The molecule has 0 atom stereocenters. The van der Waals surface area contributed by atoms with Crippen LogP contribution in [0.15, 0.2) is 0 Å². The molecule has 1 aliphatic rings. The van der Waals surface area contributed by atoms with Crippen molar-refractivity contribution in [3.8, 4) is 0 Å². The van der Waals surface area contributed by atoms with E-state index in [2.05, 4.69) is 10.2 Å². The van der Waals surface area contributed by atoms with Gasteiger partial charge in [-0.1, -0.05) is 0 Å². The molecule has 0 spiro atoms. The standard InChI is InChI=1S/C11H23N3O2/c1-3-13(2)11(15)10-12-4-5-14-6-8-16-9-7-14/h12H,3-10H2,1-2H3. The third-order valence-corrected chi connectivity index (χ3v) is 2.88. The molecule has 0 aromatic rings. The van der Waals surface area contributed by atoms with Crippen LogP contribution in [0.1, 0.15) is 6.92 Å². The number of rotatable bonds is 6. The summed E-state index contributed by atoms with van der Waals surface area (Å²) in [4.78, 5) is 15.5. The lowest BCUT2D eigenvalue weighted by Crippen LogP contribution is -2.42. The second kappa shape index (κ2) is 7.60. The third kappa shape index (κ3) is 4.92. The number of carbonyl (C=O) groups excluding carboxylic acids is 1. The number of amides is 1. The normalized spacial score (nSPS) is 17.4. The van der Waals surface area contributed by atoms with Crippen LogP contribution in [0.2, 0.25) is 0 Å². The van der Waals surface area contributed by atoms with Gasteiger partial charge in [0.05, 0.1) is 19.8 Å². The van der Waals surface area contributed by atoms with Gasteiger partial charge in [0.2, 0.25) is 5.91 Å². The lowest BCUT2D eigenvalue weighted by atomic mass is 10.4. The van der Waals surface area contributed by atoms with Crippen molar-refractivity contribution in [2.45, 2.75) is 6.92 Å². The largest absolute Gasteiger partial charge is 0.379 e. The molecule has 1 rings (SSSR count). The van der Waals surface area contributed by atoms with Crippen LogP contribution in [-0.4, -0.2) is 75.2 Å². The van der Waals surface area contributed by atoms with Crippen molar-refractivity contribution in [1.29, 1.82) is 0 Å². The molecule has 0 aromatic carbocycles. The summed E-state index contributed by atoms with van der Waals surface area (Å²) in [5.74, 6) is 0.157. The SMILES string of the molecule is CCN(C)C(=O)CNCCN1CCOCC1. The molecule has 5 nitrogen and oxygen atoms in total. The van der Waals surface area contributed by atoms with Gasteiger partial charge in [-0.25, -0.2) is 0 Å². The Bertz CT molecular complexity index is 205. The van der Waals surface area contributed by atoms with Crippen LogP contribution in [-0.2, 0) is 9.53 Å². The Morgan fingerprint density at radius 1 is 1.44 bits per heavy atom. The Kier molecular flexibility index (Phi) is 6.37. The van der Waals surface area contributed by atoms with E-state index in [1.54, 1.807) is 4.90 Å². The maximum Gasteiger partial charge on any atom is 0.236 e. The molecule has 0 saturated carbocycles. The summed E-state index contributed by atoms with van der Waals surface area (Å²) < 4.78 is 5.27. The minimum Gasteiger partial charge on any atom is -0.379 e. The Morgan fingerprint density at radius 2 is 2.12 bits per heavy atom. The van der Waals surface area contributed by atoms with Crippen molar-refractivity contribution in [1.82, 2.24) is 15.1 Å². The molecule has 1 saturated heterocycles. The van der Waals surface area contributed by atoms with E-state index in [0.717, 1.165) is 45.9 Å². The first-order valence-corrected chi connectivity index (χ1v) is 5.98. The molecule has 1 aliphatic heterocycles. The van der Waals surface area contributed by atoms with Crippen molar-refractivity contribution in [2.75, 3.05) is 59.5 Å². The van der Waals surface area contributed by atoms with Gasteiger partial charge in [0.25, 0.3) is 0 Å².